The van der Waals surface area contributed by atoms with Crippen molar-refractivity contribution in [2.45, 2.75) is 26.2 Å². The summed E-state index contributed by atoms with van der Waals surface area (Å²) in [6, 6.07) is 14.5. The third kappa shape index (κ3) is 5.88. The van der Waals surface area contributed by atoms with Crippen molar-refractivity contribution >= 4 is 23.6 Å². The molecule has 0 atom stereocenters. The highest BCUT2D eigenvalue weighted by Gasteiger charge is 2.19. The second kappa shape index (κ2) is 11.0. The third-order valence-corrected chi connectivity index (χ3v) is 5.29. The second-order valence-corrected chi connectivity index (χ2v) is 7.46. The molecule has 2 aromatic rings. The Morgan fingerprint density at radius 1 is 1.12 bits per heavy atom. The molecule has 1 aliphatic rings. The average molecular weight is 434 g/mol. The number of aryl methyl sites for hydroxylation is 1. The molecule has 0 aliphatic carbocycles. The summed E-state index contributed by atoms with van der Waals surface area (Å²) in [5, 5.41) is 12.2. The van der Waals surface area contributed by atoms with Gasteiger partial charge in [0.1, 0.15) is 11.6 Å². The minimum absolute atomic E-state index is 0.0375. The van der Waals surface area contributed by atoms with Crippen molar-refractivity contribution in [1.29, 1.82) is 5.26 Å². The van der Waals surface area contributed by atoms with Crippen molar-refractivity contribution < 1.29 is 19.1 Å². The number of hydrogen-bond acceptors (Lipinski definition) is 5. The van der Waals surface area contributed by atoms with Gasteiger partial charge in [-0.25, -0.2) is 0 Å². The quantitative estimate of drug-likeness (QED) is 0.505. The molecule has 1 heterocycles. The van der Waals surface area contributed by atoms with E-state index in [0.717, 1.165) is 37.9 Å². The average Bonchev–Trinajstić information content (AvgIpc) is 3.37. The number of rotatable bonds is 8. The molecule has 0 bridgehead atoms. The van der Waals surface area contributed by atoms with Crippen LogP contribution in [0.15, 0.2) is 48.0 Å². The van der Waals surface area contributed by atoms with Gasteiger partial charge in [-0.1, -0.05) is 25.1 Å². The zero-order valence-electron chi connectivity index (χ0n) is 18.4. The maximum Gasteiger partial charge on any atom is 0.266 e. The Morgan fingerprint density at radius 2 is 1.84 bits per heavy atom. The van der Waals surface area contributed by atoms with Crippen LogP contribution in [0.25, 0.3) is 6.08 Å². The van der Waals surface area contributed by atoms with Gasteiger partial charge in [0, 0.05) is 18.8 Å². The lowest BCUT2D eigenvalue weighted by molar-refractivity contribution is -0.132. The van der Waals surface area contributed by atoms with Crippen LogP contribution in [-0.2, 0) is 16.0 Å². The van der Waals surface area contributed by atoms with Crippen LogP contribution in [0, 0.1) is 11.3 Å². The van der Waals surface area contributed by atoms with E-state index in [1.54, 1.807) is 23.1 Å². The Morgan fingerprint density at radius 3 is 2.47 bits per heavy atom. The molecule has 2 amide bonds. The Bertz CT molecular complexity index is 1030. The van der Waals surface area contributed by atoms with E-state index in [1.807, 2.05) is 30.3 Å². The van der Waals surface area contributed by atoms with Gasteiger partial charge in [-0.2, -0.15) is 5.26 Å². The zero-order valence-corrected chi connectivity index (χ0v) is 18.4. The normalized spacial score (nSPS) is 13.4. The highest BCUT2D eigenvalue weighted by Crippen LogP contribution is 2.29. The minimum Gasteiger partial charge on any atom is -0.493 e. The minimum atomic E-state index is -0.493. The number of ether oxygens (including phenoxy) is 2. The van der Waals surface area contributed by atoms with Crippen LogP contribution in [0.2, 0.25) is 0 Å². The molecular weight excluding hydrogens is 406 g/mol. The number of carbonyl (C=O) groups is 2. The van der Waals surface area contributed by atoms with Crippen LogP contribution < -0.4 is 14.8 Å². The van der Waals surface area contributed by atoms with E-state index in [-0.39, 0.29) is 18.1 Å². The first-order chi connectivity index (χ1) is 15.5. The van der Waals surface area contributed by atoms with Gasteiger partial charge < -0.3 is 19.7 Å². The standard InChI is InChI=1S/C25H27N3O4/c1-3-18-6-9-21(10-7-18)27-25(30)20(16-26)14-19-8-11-22(23(15-19)31-2)32-17-24(29)28-12-4-5-13-28/h6-11,14-15H,3-5,12-13,17H2,1-2H3,(H,27,30)/b20-14+. The molecule has 0 saturated carbocycles. The topological polar surface area (TPSA) is 91.7 Å². The third-order valence-electron chi connectivity index (χ3n) is 5.29. The van der Waals surface area contributed by atoms with E-state index in [4.69, 9.17) is 9.47 Å². The summed E-state index contributed by atoms with van der Waals surface area (Å²) in [4.78, 5) is 26.5. The molecule has 0 radical (unpaired) electrons. The van der Waals surface area contributed by atoms with Gasteiger partial charge in [0.05, 0.1) is 7.11 Å². The van der Waals surface area contributed by atoms with E-state index in [1.165, 1.54) is 13.2 Å². The fourth-order valence-electron chi connectivity index (χ4n) is 3.43. The number of anilines is 1. The number of amides is 2. The number of benzene rings is 2. The Kier molecular flexibility index (Phi) is 7.87. The number of hydrogen-bond donors (Lipinski definition) is 1. The Hall–Kier alpha value is -3.79. The first kappa shape index (κ1) is 22.9. The first-order valence-corrected chi connectivity index (χ1v) is 10.6. The lowest BCUT2D eigenvalue weighted by Crippen LogP contribution is -2.32. The number of nitriles is 1. The Labute approximate surface area is 188 Å². The summed E-state index contributed by atoms with van der Waals surface area (Å²) >= 11 is 0. The summed E-state index contributed by atoms with van der Waals surface area (Å²) in [5.74, 6) is 0.299. The van der Waals surface area contributed by atoms with Crippen molar-refractivity contribution in [1.82, 2.24) is 4.90 Å². The lowest BCUT2D eigenvalue weighted by atomic mass is 10.1. The molecule has 1 aliphatic heterocycles. The maximum absolute atomic E-state index is 12.5. The molecule has 0 spiro atoms. The van der Waals surface area contributed by atoms with Gasteiger partial charge >= 0.3 is 0 Å². The summed E-state index contributed by atoms with van der Waals surface area (Å²) < 4.78 is 11.0. The van der Waals surface area contributed by atoms with Crippen LogP contribution >= 0.6 is 0 Å². The van der Waals surface area contributed by atoms with Crippen LogP contribution in [0.5, 0.6) is 11.5 Å². The largest absolute Gasteiger partial charge is 0.493 e. The van der Waals surface area contributed by atoms with Crippen molar-refractivity contribution in [3.63, 3.8) is 0 Å². The second-order valence-electron chi connectivity index (χ2n) is 7.46. The van der Waals surface area contributed by atoms with Crippen LogP contribution in [0.1, 0.15) is 30.9 Å². The van der Waals surface area contributed by atoms with E-state index < -0.39 is 5.91 Å². The van der Waals surface area contributed by atoms with Gasteiger partial charge in [0.2, 0.25) is 0 Å². The molecule has 7 heteroatoms. The molecule has 1 fully saturated rings. The van der Waals surface area contributed by atoms with Crippen molar-refractivity contribution in [3.8, 4) is 17.6 Å². The van der Waals surface area contributed by atoms with Crippen molar-refractivity contribution in [3.05, 3.63) is 59.2 Å². The molecule has 7 nitrogen and oxygen atoms in total. The molecule has 2 aromatic carbocycles. The smallest absolute Gasteiger partial charge is 0.266 e. The molecule has 1 N–H and O–H groups in total. The maximum atomic E-state index is 12.5. The predicted octanol–water partition coefficient (Wildman–Crippen LogP) is 3.80. The number of likely N-dealkylation sites (tertiary alicyclic amines) is 1. The highest BCUT2D eigenvalue weighted by atomic mass is 16.5. The predicted molar refractivity (Wildman–Crippen MR) is 122 cm³/mol. The van der Waals surface area contributed by atoms with Crippen LogP contribution in [0.4, 0.5) is 5.69 Å². The van der Waals surface area contributed by atoms with Crippen LogP contribution in [-0.4, -0.2) is 43.5 Å². The number of nitrogens with zero attached hydrogens (tertiary/aromatic N) is 2. The van der Waals surface area contributed by atoms with E-state index in [9.17, 15) is 14.9 Å². The fourth-order valence-corrected chi connectivity index (χ4v) is 3.43. The first-order valence-electron chi connectivity index (χ1n) is 10.6. The molecule has 0 aromatic heterocycles. The van der Waals surface area contributed by atoms with E-state index >= 15 is 0 Å². The summed E-state index contributed by atoms with van der Waals surface area (Å²) in [5.41, 5.74) is 2.35. The molecule has 3 rings (SSSR count). The molecule has 1 saturated heterocycles. The highest BCUT2D eigenvalue weighted by molar-refractivity contribution is 6.09. The molecular formula is C25H27N3O4. The number of nitrogens with one attached hydrogen (secondary N) is 1. The van der Waals surface area contributed by atoms with E-state index in [0.29, 0.717) is 22.7 Å². The van der Waals surface area contributed by atoms with Crippen LogP contribution in [0.3, 0.4) is 0 Å². The Balaban J connectivity index is 1.68. The number of methoxy groups -OCH3 is 1. The van der Waals surface area contributed by atoms with Gasteiger partial charge in [-0.15, -0.1) is 0 Å². The molecule has 32 heavy (non-hydrogen) atoms. The molecule has 0 unspecified atom stereocenters. The summed E-state index contributed by atoms with van der Waals surface area (Å²) in [7, 11) is 1.50. The lowest BCUT2D eigenvalue weighted by Gasteiger charge is -2.16. The van der Waals surface area contributed by atoms with Crippen molar-refractivity contribution in [2.24, 2.45) is 0 Å². The van der Waals surface area contributed by atoms with E-state index in [2.05, 4.69) is 12.2 Å². The molecule has 166 valence electrons. The summed E-state index contributed by atoms with van der Waals surface area (Å²) in [6.07, 6.45) is 4.44. The van der Waals surface area contributed by atoms with Crippen molar-refractivity contribution in [2.75, 3.05) is 32.1 Å². The van der Waals surface area contributed by atoms with Gasteiger partial charge in [-0.05, 0) is 60.7 Å². The van der Waals surface area contributed by atoms with Gasteiger partial charge in [0.25, 0.3) is 11.8 Å². The monoisotopic (exact) mass is 433 g/mol. The fraction of sp³-hybridized carbons (Fsp3) is 0.320. The number of carbonyl (C=O) groups excluding carboxylic acids is 2. The summed E-state index contributed by atoms with van der Waals surface area (Å²) in [6.45, 7) is 3.53. The SMILES string of the molecule is CCc1ccc(NC(=O)/C(C#N)=C/c2ccc(OCC(=O)N3CCCC3)c(OC)c2)cc1. The van der Waals surface area contributed by atoms with Gasteiger partial charge in [0.15, 0.2) is 18.1 Å². The zero-order chi connectivity index (χ0) is 22.9. The van der Waals surface area contributed by atoms with Gasteiger partial charge in [-0.3, -0.25) is 9.59 Å².